The number of nitrogens with zero attached hydrogens (tertiary/aromatic N) is 3. The van der Waals surface area contributed by atoms with Gasteiger partial charge in [-0.05, 0) is 54.4 Å². The van der Waals surface area contributed by atoms with Crippen LogP contribution in [0.3, 0.4) is 0 Å². The minimum absolute atomic E-state index is 0.284. The van der Waals surface area contributed by atoms with Crippen molar-refractivity contribution in [3.63, 3.8) is 0 Å². The van der Waals surface area contributed by atoms with E-state index in [2.05, 4.69) is 5.87 Å². The topological polar surface area (TPSA) is 82.0 Å². The minimum Gasteiger partial charge on any atom is -0.493 e. The molecule has 0 saturated carbocycles. The number of pyridine rings is 1. The zero-order valence-electron chi connectivity index (χ0n) is 16.7. The van der Waals surface area contributed by atoms with E-state index in [1.165, 1.54) is 11.3 Å². The molecule has 0 fully saturated rings. The highest BCUT2D eigenvalue weighted by Crippen LogP contribution is 2.45. The summed E-state index contributed by atoms with van der Waals surface area (Å²) < 4.78 is 19.8. The number of amidine groups is 1. The van der Waals surface area contributed by atoms with Crippen molar-refractivity contribution in [3.8, 4) is 16.3 Å². The highest BCUT2D eigenvalue weighted by Gasteiger charge is 2.46. The second-order valence-electron chi connectivity index (χ2n) is 7.96. The molecule has 2 atom stereocenters. The Morgan fingerprint density at radius 2 is 2.14 bits per heavy atom. The van der Waals surface area contributed by atoms with Crippen LogP contribution in [0.1, 0.15) is 25.6 Å². The summed E-state index contributed by atoms with van der Waals surface area (Å²) in [6, 6.07) is 5.64. The van der Waals surface area contributed by atoms with Crippen molar-refractivity contribution >= 4 is 49.8 Å². The van der Waals surface area contributed by atoms with Gasteiger partial charge in [-0.25, -0.2) is 4.98 Å². The molecule has 4 rings (SSSR count). The van der Waals surface area contributed by atoms with Gasteiger partial charge < -0.3 is 14.9 Å². The van der Waals surface area contributed by atoms with Crippen LogP contribution in [-0.2, 0) is 15.1 Å². The van der Waals surface area contributed by atoms with Crippen LogP contribution in [0.2, 0.25) is 5.02 Å². The molecule has 4 heterocycles. The number of thiophene rings is 1. The lowest BCUT2D eigenvalue weighted by atomic mass is 10.0. The van der Waals surface area contributed by atoms with Crippen molar-refractivity contribution in [2.75, 3.05) is 12.9 Å². The third-order valence-electron chi connectivity index (χ3n) is 5.52. The van der Waals surface area contributed by atoms with Gasteiger partial charge in [0.15, 0.2) is 11.4 Å². The molecule has 0 aliphatic carbocycles. The third kappa shape index (κ3) is 3.05. The van der Waals surface area contributed by atoms with Gasteiger partial charge in [0.1, 0.15) is 11.4 Å². The van der Waals surface area contributed by atoms with Crippen molar-refractivity contribution in [2.24, 2.45) is 10.7 Å². The van der Waals surface area contributed by atoms with E-state index in [1.807, 2.05) is 55.8 Å². The fourth-order valence-electron chi connectivity index (χ4n) is 3.50. The van der Waals surface area contributed by atoms with Crippen molar-refractivity contribution in [3.05, 3.63) is 40.5 Å². The quantitative estimate of drug-likeness (QED) is 0.615. The van der Waals surface area contributed by atoms with Gasteiger partial charge in [-0.1, -0.05) is 11.6 Å². The number of imidazole rings is 1. The molecular formula is C20H23ClN4O2S2. The number of hydrogen-bond acceptors (Lipinski definition) is 6. The van der Waals surface area contributed by atoms with Crippen molar-refractivity contribution in [1.29, 1.82) is 0 Å². The Kier molecular flexibility index (Phi) is 4.53. The molecule has 0 bridgehead atoms. The van der Waals surface area contributed by atoms with Crippen LogP contribution in [0.5, 0.6) is 5.75 Å². The van der Waals surface area contributed by atoms with Crippen LogP contribution in [0, 0.1) is 0 Å². The van der Waals surface area contributed by atoms with Gasteiger partial charge in [0.05, 0.1) is 32.3 Å². The zero-order chi connectivity index (χ0) is 21.2. The lowest BCUT2D eigenvalue weighted by Crippen LogP contribution is -2.54. The number of methoxy groups -OCH3 is 1. The monoisotopic (exact) mass is 450 g/mol. The second-order valence-corrected chi connectivity index (χ2v) is 12.4. The summed E-state index contributed by atoms with van der Waals surface area (Å²) >= 11 is 8.10. The van der Waals surface area contributed by atoms with Crippen LogP contribution in [0.15, 0.2) is 35.6 Å². The fourth-order valence-corrected chi connectivity index (χ4v) is 7.08. The van der Waals surface area contributed by atoms with Gasteiger partial charge in [-0.2, -0.15) is 0 Å². The first-order valence-electron chi connectivity index (χ1n) is 9.01. The molecule has 29 heavy (non-hydrogen) atoms. The highest BCUT2D eigenvalue weighted by atomic mass is 35.5. The standard InChI is InChI=1S/C20H23ClN4O2S2/c1-19(2)18(22)24-20(3,11-29(19,5)26)16-12(21)9-15(28-16)13-10-25-8-6-7-14(27-4)17(25)23-13/h6-10H,5,11H2,1-4H3,(H2,22,24)/t20-,29?/m0/s1. The van der Waals surface area contributed by atoms with Gasteiger partial charge in [0.25, 0.3) is 0 Å². The molecule has 3 aromatic heterocycles. The fraction of sp³-hybridized carbons (Fsp3) is 0.350. The summed E-state index contributed by atoms with van der Waals surface area (Å²) in [4.78, 5) is 11.1. The molecule has 0 aromatic carbocycles. The summed E-state index contributed by atoms with van der Waals surface area (Å²) in [5.74, 6) is 5.31. The average Bonchev–Trinajstić information content (AvgIpc) is 3.23. The Morgan fingerprint density at radius 3 is 2.79 bits per heavy atom. The number of aliphatic imine (C=N–C) groups is 1. The molecule has 3 aromatic rings. The van der Waals surface area contributed by atoms with Crippen LogP contribution in [0.25, 0.3) is 16.2 Å². The molecule has 9 heteroatoms. The van der Waals surface area contributed by atoms with Gasteiger partial charge in [-0.3, -0.25) is 9.20 Å². The summed E-state index contributed by atoms with van der Waals surface area (Å²) in [5, 5.41) is 0.558. The van der Waals surface area contributed by atoms with Gasteiger partial charge >= 0.3 is 0 Å². The maximum Gasteiger partial charge on any atom is 0.180 e. The number of nitrogens with two attached hydrogens (primary N) is 1. The van der Waals surface area contributed by atoms with E-state index in [0.29, 0.717) is 16.6 Å². The Bertz CT molecular complexity index is 1260. The molecule has 0 spiro atoms. The van der Waals surface area contributed by atoms with Gasteiger partial charge in [0, 0.05) is 18.1 Å². The highest BCUT2D eigenvalue weighted by molar-refractivity contribution is 8.02. The Morgan fingerprint density at radius 1 is 1.41 bits per heavy atom. The predicted octanol–water partition coefficient (Wildman–Crippen LogP) is 3.81. The number of halogens is 1. The zero-order valence-corrected chi connectivity index (χ0v) is 19.1. The Labute approximate surface area is 179 Å². The second kappa shape index (κ2) is 6.48. The summed E-state index contributed by atoms with van der Waals surface area (Å²) in [6.45, 7) is 5.56. The minimum atomic E-state index is -2.51. The summed E-state index contributed by atoms with van der Waals surface area (Å²) in [5.41, 5.74) is 6.92. The number of aromatic nitrogens is 2. The smallest absolute Gasteiger partial charge is 0.180 e. The van der Waals surface area contributed by atoms with E-state index in [1.54, 1.807) is 7.11 Å². The summed E-state index contributed by atoms with van der Waals surface area (Å²) in [6.07, 6.45) is 3.84. The third-order valence-corrected chi connectivity index (χ3v) is 10.4. The first-order valence-corrected chi connectivity index (χ1v) is 12.1. The van der Waals surface area contributed by atoms with Crippen molar-refractivity contribution < 1.29 is 8.95 Å². The summed E-state index contributed by atoms with van der Waals surface area (Å²) in [7, 11) is -0.893. The average molecular weight is 451 g/mol. The molecule has 1 aliphatic rings. The van der Waals surface area contributed by atoms with Crippen LogP contribution in [-0.4, -0.2) is 42.9 Å². The number of rotatable bonds is 3. The van der Waals surface area contributed by atoms with E-state index >= 15 is 0 Å². The van der Waals surface area contributed by atoms with Crippen LogP contribution >= 0.6 is 22.9 Å². The molecule has 0 radical (unpaired) electrons. The van der Waals surface area contributed by atoms with Crippen LogP contribution < -0.4 is 10.5 Å². The molecule has 6 nitrogen and oxygen atoms in total. The number of hydrogen-bond donors (Lipinski definition) is 1. The normalized spacial score (nSPS) is 26.4. The van der Waals surface area contributed by atoms with Crippen molar-refractivity contribution in [1.82, 2.24) is 9.38 Å². The molecule has 154 valence electrons. The molecule has 2 N–H and O–H groups in total. The first-order chi connectivity index (χ1) is 13.5. The Hall–Kier alpha value is -2.03. The first kappa shape index (κ1) is 20.3. The SMILES string of the molecule is C=S1(=O)C[C@@](C)(c2sc(-c3cn4cccc(OC)c4n3)cc2Cl)N=C(N)C1(C)C. The van der Waals surface area contributed by atoms with E-state index in [9.17, 15) is 4.21 Å². The number of ether oxygens (including phenoxy) is 1. The van der Waals surface area contributed by atoms with Crippen molar-refractivity contribution in [2.45, 2.75) is 31.1 Å². The maximum absolute atomic E-state index is 13.3. The van der Waals surface area contributed by atoms with E-state index in [-0.39, 0.29) is 5.75 Å². The Balaban J connectivity index is 1.83. The van der Waals surface area contributed by atoms with Crippen LogP contribution in [0.4, 0.5) is 0 Å². The maximum atomic E-state index is 13.3. The van der Waals surface area contributed by atoms with Gasteiger partial charge in [-0.15, -0.1) is 11.3 Å². The largest absolute Gasteiger partial charge is 0.493 e. The van der Waals surface area contributed by atoms with E-state index in [4.69, 9.17) is 32.0 Å². The molecule has 0 saturated heterocycles. The molecule has 0 amide bonds. The lowest BCUT2D eigenvalue weighted by molar-refractivity contribution is 0.417. The molecule has 1 aliphatic heterocycles. The predicted molar refractivity (Wildman–Crippen MR) is 123 cm³/mol. The molecular weight excluding hydrogens is 428 g/mol. The number of fused-ring (bicyclic) bond motifs is 1. The lowest BCUT2D eigenvalue weighted by Gasteiger charge is -2.40. The van der Waals surface area contributed by atoms with E-state index < -0.39 is 19.8 Å². The van der Waals surface area contributed by atoms with Gasteiger partial charge in [0.2, 0.25) is 0 Å². The molecule has 1 unspecified atom stereocenters. The van der Waals surface area contributed by atoms with E-state index in [0.717, 1.165) is 21.1 Å².